The summed E-state index contributed by atoms with van der Waals surface area (Å²) in [7, 11) is 0. The van der Waals surface area contributed by atoms with Crippen LogP contribution in [0.25, 0.3) is 0 Å². The first-order valence-electron chi connectivity index (χ1n) is 4.08. The molecule has 1 heterocycles. The summed E-state index contributed by atoms with van der Waals surface area (Å²) in [6.45, 7) is 3.16. The maximum absolute atomic E-state index is 11.1. The Morgan fingerprint density at radius 1 is 1.50 bits per heavy atom. The van der Waals surface area contributed by atoms with Gasteiger partial charge in [-0.05, 0) is 6.92 Å². The van der Waals surface area contributed by atoms with Crippen LogP contribution in [0.4, 0.5) is 4.79 Å². The van der Waals surface area contributed by atoms with Gasteiger partial charge in [0.2, 0.25) is 0 Å². The van der Waals surface area contributed by atoms with E-state index >= 15 is 0 Å². The monoisotopic (exact) mass is 173 g/mol. The van der Waals surface area contributed by atoms with E-state index in [1.54, 1.807) is 11.8 Å². The van der Waals surface area contributed by atoms with E-state index in [4.69, 9.17) is 16.2 Å². The number of ether oxygens (including phenoxy) is 1. The van der Waals surface area contributed by atoms with Gasteiger partial charge in [-0.25, -0.2) is 4.79 Å². The molecule has 0 aromatic heterocycles. The van der Waals surface area contributed by atoms with Gasteiger partial charge < -0.3 is 21.1 Å². The Hall–Kier alpha value is -0.810. The molecular formula is C7H15N3O2. The van der Waals surface area contributed by atoms with Crippen molar-refractivity contribution in [2.24, 2.45) is 11.5 Å². The number of hydrogen-bond donors (Lipinski definition) is 2. The molecule has 0 bridgehead atoms. The third kappa shape index (κ3) is 1.86. The molecule has 1 rings (SSSR count). The number of likely N-dealkylation sites (tertiary alicyclic amines) is 1. The molecule has 0 saturated carbocycles. The second-order valence-electron chi connectivity index (χ2n) is 2.93. The smallest absolute Gasteiger partial charge is 0.409 e. The van der Waals surface area contributed by atoms with Gasteiger partial charge in [-0.15, -0.1) is 0 Å². The van der Waals surface area contributed by atoms with E-state index in [9.17, 15) is 4.79 Å². The summed E-state index contributed by atoms with van der Waals surface area (Å²) in [5.74, 6) is 0. The topological polar surface area (TPSA) is 81.6 Å². The van der Waals surface area contributed by atoms with Gasteiger partial charge >= 0.3 is 6.09 Å². The zero-order valence-corrected chi connectivity index (χ0v) is 7.19. The van der Waals surface area contributed by atoms with Crippen molar-refractivity contribution in [1.29, 1.82) is 0 Å². The van der Waals surface area contributed by atoms with Gasteiger partial charge in [0.25, 0.3) is 0 Å². The average molecular weight is 173 g/mol. The minimum Gasteiger partial charge on any atom is -0.450 e. The van der Waals surface area contributed by atoms with Crippen LogP contribution in [0.5, 0.6) is 0 Å². The number of rotatable bonds is 1. The van der Waals surface area contributed by atoms with Gasteiger partial charge in [-0.1, -0.05) is 0 Å². The van der Waals surface area contributed by atoms with Gasteiger partial charge in [-0.3, -0.25) is 0 Å². The van der Waals surface area contributed by atoms with Gasteiger partial charge in [0, 0.05) is 25.2 Å². The first-order valence-corrected chi connectivity index (χ1v) is 4.08. The Morgan fingerprint density at radius 2 is 2.00 bits per heavy atom. The Balaban J connectivity index is 2.40. The van der Waals surface area contributed by atoms with Crippen LogP contribution >= 0.6 is 0 Å². The molecule has 1 aliphatic rings. The number of carbonyl (C=O) groups is 1. The molecule has 70 valence electrons. The highest BCUT2D eigenvalue weighted by atomic mass is 16.6. The van der Waals surface area contributed by atoms with Crippen molar-refractivity contribution in [3.8, 4) is 0 Å². The van der Waals surface area contributed by atoms with Crippen molar-refractivity contribution in [1.82, 2.24) is 4.90 Å². The molecule has 12 heavy (non-hydrogen) atoms. The fourth-order valence-electron chi connectivity index (χ4n) is 1.22. The van der Waals surface area contributed by atoms with Crippen molar-refractivity contribution in [2.45, 2.75) is 19.0 Å². The zero-order valence-electron chi connectivity index (χ0n) is 7.19. The first-order chi connectivity index (χ1) is 5.65. The molecule has 0 aromatic rings. The van der Waals surface area contributed by atoms with Gasteiger partial charge in [0.05, 0.1) is 6.61 Å². The molecule has 0 spiro atoms. The Morgan fingerprint density at radius 3 is 2.42 bits per heavy atom. The largest absolute Gasteiger partial charge is 0.450 e. The van der Waals surface area contributed by atoms with Crippen molar-refractivity contribution < 1.29 is 9.53 Å². The van der Waals surface area contributed by atoms with Crippen molar-refractivity contribution in [3.63, 3.8) is 0 Å². The van der Waals surface area contributed by atoms with E-state index in [-0.39, 0.29) is 18.2 Å². The van der Waals surface area contributed by atoms with Crippen LogP contribution < -0.4 is 11.5 Å². The van der Waals surface area contributed by atoms with Crippen LogP contribution in [-0.4, -0.2) is 42.8 Å². The highest BCUT2D eigenvalue weighted by Gasteiger charge is 2.30. The molecule has 2 atom stereocenters. The summed E-state index contributed by atoms with van der Waals surface area (Å²) in [5.41, 5.74) is 11.3. The average Bonchev–Trinajstić information content (AvgIpc) is 2.33. The first kappa shape index (κ1) is 9.28. The SMILES string of the molecule is CCOC(=O)N1CC(N)C(N)C1. The molecule has 5 heteroatoms. The van der Waals surface area contributed by atoms with Crippen LogP contribution in [0.15, 0.2) is 0 Å². The highest BCUT2D eigenvalue weighted by molar-refractivity contribution is 5.68. The lowest BCUT2D eigenvalue weighted by Crippen LogP contribution is -2.39. The lowest BCUT2D eigenvalue weighted by molar-refractivity contribution is 0.115. The second-order valence-corrected chi connectivity index (χ2v) is 2.93. The molecular weight excluding hydrogens is 158 g/mol. The summed E-state index contributed by atoms with van der Waals surface area (Å²) in [6, 6.07) is -0.233. The molecule has 1 saturated heterocycles. The minimum atomic E-state index is -0.319. The number of amides is 1. The van der Waals surface area contributed by atoms with E-state index in [1.165, 1.54) is 0 Å². The molecule has 1 aliphatic heterocycles. The van der Waals surface area contributed by atoms with Crippen LogP contribution in [-0.2, 0) is 4.74 Å². The van der Waals surface area contributed by atoms with E-state index < -0.39 is 0 Å². The van der Waals surface area contributed by atoms with E-state index in [1.807, 2.05) is 0 Å². The van der Waals surface area contributed by atoms with Crippen LogP contribution in [0.3, 0.4) is 0 Å². The third-order valence-electron chi connectivity index (χ3n) is 1.94. The second kappa shape index (κ2) is 3.73. The molecule has 2 unspecified atom stereocenters. The summed E-state index contributed by atoms with van der Waals surface area (Å²) < 4.78 is 4.80. The molecule has 0 aromatic carbocycles. The standard InChI is InChI=1S/C7H15N3O2/c1-2-12-7(11)10-3-5(8)6(9)4-10/h5-6H,2-4,8-9H2,1H3. The van der Waals surface area contributed by atoms with Gasteiger partial charge in [0.1, 0.15) is 0 Å². The summed E-state index contributed by atoms with van der Waals surface area (Å²) in [5, 5.41) is 0. The predicted octanol–water partition coefficient (Wildman–Crippen LogP) is -0.887. The number of nitrogens with two attached hydrogens (primary N) is 2. The Bertz CT molecular complexity index is 164. The normalized spacial score (nSPS) is 29.1. The lowest BCUT2D eigenvalue weighted by Gasteiger charge is -2.14. The van der Waals surface area contributed by atoms with Crippen LogP contribution in [0.2, 0.25) is 0 Å². The highest BCUT2D eigenvalue weighted by Crippen LogP contribution is 2.07. The Kier molecular flexibility index (Phi) is 2.88. The third-order valence-corrected chi connectivity index (χ3v) is 1.94. The van der Waals surface area contributed by atoms with Gasteiger partial charge in [0.15, 0.2) is 0 Å². The minimum absolute atomic E-state index is 0.116. The van der Waals surface area contributed by atoms with Crippen LogP contribution in [0, 0.1) is 0 Å². The maximum Gasteiger partial charge on any atom is 0.409 e. The van der Waals surface area contributed by atoms with Crippen molar-refractivity contribution in [2.75, 3.05) is 19.7 Å². The van der Waals surface area contributed by atoms with Crippen molar-refractivity contribution in [3.05, 3.63) is 0 Å². The van der Waals surface area contributed by atoms with Crippen molar-refractivity contribution >= 4 is 6.09 Å². The Labute approximate surface area is 71.6 Å². The molecule has 1 amide bonds. The predicted molar refractivity (Wildman–Crippen MR) is 44.5 cm³/mol. The molecule has 1 fully saturated rings. The number of carbonyl (C=O) groups excluding carboxylic acids is 1. The van der Waals surface area contributed by atoms with Crippen LogP contribution in [0.1, 0.15) is 6.92 Å². The quantitative estimate of drug-likeness (QED) is 0.539. The summed E-state index contributed by atoms with van der Waals surface area (Å²) in [4.78, 5) is 12.7. The summed E-state index contributed by atoms with van der Waals surface area (Å²) >= 11 is 0. The van der Waals surface area contributed by atoms with E-state index in [2.05, 4.69) is 0 Å². The summed E-state index contributed by atoms with van der Waals surface area (Å²) in [6.07, 6.45) is -0.319. The number of nitrogens with zero attached hydrogens (tertiary/aromatic N) is 1. The lowest BCUT2D eigenvalue weighted by atomic mass is 10.2. The van der Waals surface area contributed by atoms with E-state index in [0.717, 1.165) is 0 Å². The maximum atomic E-state index is 11.1. The molecule has 4 N–H and O–H groups in total. The van der Waals surface area contributed by atoms with E-state index in [0.29, 0.717) is 19.7 Å². The molecule has 0 aliphatic carbocycles. The zero-order chi connectivity index (χ0) is 9.14. The molecule has 5 nitrogen and oxygen atoms in total. The van der Waals surface area contributed by atoms with Gasteiger partial charge in [-0.2, -0.15) is 0 Å². The number of hydrogen-bond acceptors (Lipinski definition) is 4. The molecule has 0 radical (unpaired) electrons. The fourth-order valence-corrected chi connectivity index (χ4v) is 1.22. The fraction of sp³-hybridized carbons (Fsp3) is 0.857.